The lowest BCUT2D eigenvalue weighted by Crippen LogP contribution is -2.32. The molecule has 8 heteroatoms. The molecule has 8 nitrogen and oxygen atoms in total. The third-order valence-corrected chi connectivity index (χ3v) is 5.58. The van der Waals surface area contributed by atoms with E-state index < -0.39 is 5.91 Å². The van der Waals surface area contributed by atoms with Crippen LogP contribution in [0.25, 0.3) is 10.8 Å². The summed E-state index contributed by atoms with van der Waals surface area (Å²) < 4.78 is 11.3. The van der Waals surface area contributed by atoms with Gasteiger partial charge in [0.15, 0.2) is 0 Å². The van der Waals surface area contributed by atoms with Gasteiger partial charge in [0.05, 0.1) is 24.3 Å². The Morgan fingerprint density at radius 3 is 2.89 bits per heavy atom. The maximum Gasteiger partial charge on any atom is 0.407 e. The van der Waals surface area contributed by atoms with Gasteiger partial charge in [-0.25, -0.2) is 9.78 Å². The number of pyridine rings is 1. The van der Waals surface area contributed by atoms with Gasteiger partial charge < -0.3 is 25.4 Å². The van der Waals surface area contributed by atoms with E-state index in [2.05, 4.69) is 15.2 Å². The van der Waals surface area contributed by atoms with Gasteiger partial charge in [-0.15, -0.1) is 0 Å². The Hall–Kier alpha value is -3.03. The van der Waals surface area contributed by atoms with Crippen LogP contribution in [0.2, 0.25) is 0 Å². The predicted octanol–water partition coefficient (Wildman–Crippen LogP) is 1.56. The van der Waals surface area contributed by atoms with Crippen molar-refractivity contribution in [3.63, 3.8) is 0 Å². The van der Waals surface area contributed by atoms with Gasteiger partial charge in [-0.1, -0.05) is 0 Å². The molecule has 0 spiro atoms. The summed E-state index contributed by atoms with van der Waals surface area (Å²) in [6.07, 6.45) is 4.42. The van der Waals surface area contributed by atoms with Crippen molar-refractivity contribution in [2.45, 2.75) is 37.5 Å². The molecule has 2 saturated heterocycles. The second-order valence-corrected chi connectivity index (χ2v) is 7.34. The Kier molecular flexibility index (Phi) is 3.60. The van der Waals surface area contributed by atoms with Crippen molar-refractivity contribution in [3.8, 4) is 5.75 Å². The number of nitrogens with two attached hydrogens (primary N) is 1. The van der Waals surface area contributed by atoms with Crippen LogP contribution in [0, 0.1) is 0 Å². The highest BCUT2D eigenvalue weighted by atomic mass is 16.6. The largest absolute Gasteiger partial charge is 0.490 e. The maximum absolute atomic E-state index is 11.9. The molecule has 1 aliphatic carbocycles. The van der Waals surface area contributed by atoms with E-state index >= 15 is 0 Å². The number of hydrogen-bond acceptors (Lipinski definition) is 6. The van der Waals surface area contributed by atoms with E-state index in [4.69, 9.17) is 15.2 Å². The fourth-order valence-corrected chi connectivity index (χ4v) is 3.92. The number of fused-ring (bicyclic) bond motifs is 2. The highest BCUT2D eigenvalue weighted by Crippen LogP contribution is 2.35. The molecule has 1 saturated carbocycles. The highest BCUT2D eigenvalue weighted by molar-refractivity contribution is 6.03. The first-order chi connectivity index (χ1) is 13.1. The number of anilines is 1. The van der Waals surface area contributed by atoms with E-state index in [1.165, 1.54) is 0 Å². The molecule has 0 unspecified atom stereocenters. The number of nitrogens with zero attached hydrogens (tertiary/aromatic N) is 2. The number of amides is 2. The molecular formula is C19H20N4O4. The molecule has 27 heavy (non-hydrogen) atoms. The summed E-state index contributed by atoms with van der Waals surface area (Å²) in [5.41, 5.74) is 5.96. The average Bonchev–Trinajstić information content (AvgIpc) is 3.14. The van der Waals surface area contributed by atoms with Crippen molar-refractivity contribution in [2.24, 2.45) is 5.73 Å². The lowest BCUT2D eigenvalue weighted by atomic mass is 9.96. The monoisotopic (exact) mass is 368 g/mol. The molecule has 140 valence electrons. The second kappa shape index (κ2) is 6.00. The van der Waals surface area contributed by atoms with E-state index in [1.807, 2.05) is 12.1 Å². The maximum atomic E-state index is 11.9. The van der Waals surface area contributed by atoms with Gasteiger partial charge in [0.1, 0.15) is 17.7 Å². The zero-order valence-electron chi connectivity index (χ0n) is 14.7. The van der Waals surface area contributed by atoms with Crippen molar-refractivity contribution < 1.29 is 19.1 Å². The minimum atomic E-state index is -0.503. The molecular weight excluding hydrogens is 348 g/mol. The van der Waals surface area contributed by atoms with Crippen molar-refractivity contribution in [2.75, 3.05) is 18.0 Å². The van der Waals surface area contributed by atoms with Crippen molar-refractivity contribution in [3.05, 3.63) is 30.0 Å². The van der Waals surface area contributed by atoms with Gasteiger partial charge in [-0.3, -0.25) is 4.79 Å². The molecule has 1 aromatic carbocycles. The molecule has 2 aromatic rings. The van der Waals surface area contributed by atoms with E-state index in [9.17, 15) is 9.59 Å². The van der Waals surface area contributed by atoms with Crippen molar-refractivity contribution >= 4 is 28.6 Å². The Bertz CT molecular complexity index is 927. The lowest BCUT2D eigenvalue weighted by molar-refractivity contribution is 0.0972. The molecule has 5 rings (SSSR count). The Morgan fingerprint density at radius 2 is 2.19 bits per heavy atom. The van der Waals surface area contributed by atoms with Crippen LogP contribution >= 0.6 is 0 Å². The zero-order valence-corrected chi connectivity index (χ0v) is 14.7. The van der Waals surface area contributed by atoms with Crippen LogP contribution in [-0.4, -0.2) is 48.3 Å². The van der Waals surface area contributed by atoms with Gasteiger partial charge in [0.2, 0.25) is 0 Å². The summed E-state index contributed by atoms with van der Waals surface area (Å²) in [4.78, 5) is 29.9. The molecule has 2 amide bonds. The second-order valence-electron chi connectivity index (χ2n) is 7.34. The van der Waals surface area contributed by atoms with Gasteiger partial charge in [0.25, 0.3) is 5.91 Å². The summed E-state index contributed by atoms with van der Waals surface area (Å²) in [5, 5.41) is 4.59. The Morgan fingerprint density at radius 1 is 1.33 bits per heavy atom. The van der Waals surface area contributed by atoms with E-state index in [0.29, 0.717) is 24.4 Å². The van der Waals surface area contributed by atoms with Crippen LogP contribution in [-0.2, 0) is 4.74 Å². The Balaban J connectivity index is 1.54. The van der Waals surface area contributed by atoms with Crippen LogP contribution in [0.1, 0.15) is 29.6 Å². The number of rotatable bonds is 4. The summed E-state index contributed by atoms with van der Waals surface area (Å²) in [6, 6.07) is 5.45. The number of ether oxygens (including phenoxy) is 2. The van der Waals surface area contributed by atoms with Crippen LogP contribution in [0.4, 0.5) is 10.6 Å². The SMILES string of the molecule is NC(=O)c1cc2ccnc(N3C[C@@H]4NC(=O)O[C@@H]4C3)c2cc1OC1CCC1. The van der Waals surface area contributed by atoms with Gasteiger partial charge in [-0.05, 0) is 42.8 Å². The van der Waals surface area contributed by atoms with E-state index in [0.717, 1.165) is 35.9 Å². The molecule has 0 bridgehead atoms. The normalized spacial score (nSPS) is 24.3. The molecule has 3 heterocycles. The minimum Gasteiger partial charge on any atom is -0.490 e. The van der Waals surface area contributed by atoms with Gasteiger partial charge in [-0.2, -0.15) is 0 Å². The Labute approximate surface area is 155 Å². The zero-order chi connectivity index (χ0) is 18.5. The quantitative estimate of drug-likeness (QED) is 0.848. The van der Waals surface area contributed by atoms with Crippen LogP contribution in [0.15, 0.2) is 24.4 Å². The predicted molar refractivity (Wildman–Crippen MR) is 97.9 cm³/mol. The molecule has 3 aliphatic rings. The lowest BCUT2D eigenvalue weighted by Gasteiger charge is -2.27. The van der Waals surface area contributed by atoms with E-state index in [1.54, 1.807) is 12.3 Å². The smallest absolute Gasteiger partial charge is 0.407 e. The molecule has 3 fully saturated rings. The number of hydrogen-bond donors (Lipinski definition) is 2. The number of carbonyl (C=O) groups excluding carboxylic acids is 2. The fraction of sp³-hybridized carbons (Fsp3) is 0.421. The average molecular weight is 368 g/mol. The van der Waals surface area contributed by atoms with Crippen LogP contribution in [0.3, 0.4) is 0 Å². The van der Waals surface area contributed by atoms with Crippen molar-refractivity contribution in [1.82, 2.24) is 10.3 Å². The van der Waals surface area contributed by atoms with E-state index in [-0.39, 0.29) is 24.3 Å². The van der Waals surface area contributed by atoms with Gasteiger partial charge in [0, 0.05) is 18.1 Å². The van der Waals surface area contributed by atoms with Crippen LogP contribution in [0.5, 0.6) is 5.75 Å². The first kappa shape index (κ1) is 16.2. The number of benzene rings is 1. The summed E-state index contributed by atoms with van der Waals surface area (Å²) >= 11 is 0. The molecule has 1 aromatic heterocycles. The van der Waals surface area contributed by atoms with Crippen LogP contribution < -0.4 is 20.7 Å². The first-order valence-corrected chi connectivity index (χ1v) is 9.20. The van der Waals surface area contributed by atoms with Crippen molar-refractivity contribution in [1.29, 1.82) is 0 Å². The van der Waals surface area contributed by atoms with Gasteiger partial charge >= 0.3 is 6.09 Å². The molecule has 3 N–H and O–H groups in total. The number of aromatic nitrogens is 1. The molecule has 2 aliphatic heterocycles. The highest BCUT2D eigenvalue weighted by Gasteiger charge is 2.42. The summed E-state index contributed by atoms with van der Waals surface area (Å²) in [7, 11) is 0. The fourth-order valence-electron chi connectivity index (χ4n) is 3.92. The minimum absolute atomic E-state index is 0.0369. The number of carbonyl (C=O) groups is 2. The number of nitrogens with one attached hydrogen (secondary N) is 1. The first-order valence-electron chi connectivity index (χ1n) is 9.20. The third kappa shape index (κ3) is 2.72. The third-order valence-electron chi connectivity index (χ3n) is 5.58. The molecule has 0 radical (unpaired) electrons. The summed E-state index contributed by atoms with van der Waals surface area (Å²) in [5.74, 6) is 0.795. The number of alkyl carbamates (subject to hydrolysis) is 1. The standard InChI is InChI=1S/C19H20N4O4/c20-17(24)13-6-10-4-5-21-18(12(10)7-15(13)26-11-2-1-3-11)23-8-14-16(9-23)27-19(25)22-14/h4-7,11,14,16H,1-3,8-9H2,(H2,20,24)(H,22,25)/t14-,16+/m0/s1. The topological polar surface area (TPSA) is 107 Å². The molecule has 2 atom stereocenters. The number of primary amides is 1. The summed E-state index contributed by atoms with van der Waals surface area (Å²) in [6.45, 7) is 1.20.